The maximum absolute atomic E-state index is 13.0. The molecule has 1 fully saturated rings. The maximum atomic E-state index is 13.0. The van der Waals surface area contributed by atoms with Crippen molar-refractivity contribution in [2.75, 3.05) is 0 Å². The zero-order chi connectivity index (χ0) is 18.5. The van der Waals surface area contributed by atoms with E-state index in [0.29, 0.717) is 29.9 Å². The predicted molar refractivity (Wildman–Crippen MR) is 101 cm³/mol. The van der Waals surface area contributed by atoms with Crippen molar-refractivity contribution in [1.29, 1.82) is 0 Å². The van der Waals surface area contributed by atoms with Gasteiger partial charge >= 0.3 is 5.97 Å². The van der Waals surface area contributed by atoms with E-state index in [9.17, 15) is 14.7 Å². The fourth-order valence-corrected chi connectivity index (χ4v) is 3.73. The average molecular weight is 348 g/mol. The van der Waals surface area contributed by atoms with E-state index in [0.717, 1.165) is 5.56 Å². The first-order chi connectivity index (χ1) is 12.5. The molecule has 1 N–H and O–H groups in total. The summed E-state index contributed by atoms with van der Waals surface area (Å²) in [6, 6.07) is 7.78. The molecule has 0 radical (unpaired) electrons. The van der Waals surface area contributed by atoms with E-state index in [4.69, 9.17) is 0 Å². The lowest BCUT2D eigenvalue weighted by atomic mass is 10.0. The Labute approximate surface area is 151 Å². The summed E-state index contributed by atoms with van der Waals surface area (Å²) in [5.41, 5.74) is 2.44. The topological polar surface area (TPSA) is 72.2 Å². The van der Waals surface area contributed by atoms with Crippen molar-refractivity contribution in [2.24, 2.45) is 5.41 Å². The minimum atomic E-state index is -0.928. The van der Waals surface area contributed by atoms with E-state index < -0.39 is 11.4 Å². The molecule has 2 aliphatic rings. The van der Waals surface area contributed by atoms with E-state index in [1.54, 1.807) is 16.7 Å². The standard InChI is InChI=1S/C21H20N2O3/c1-3-15-16(8-7-14-6-4-5-13(2)11-14)22-18-9-10-21(20(25)26)12-17(21)23(18)19(15)24/h4-11,17H,3,12H2,1-2H3,(H,25,26)/b8-7+. The second-order valence-corrected chi connectivity index (χ2v) is 7.01. The number of fused-ring (bicyclic) bond motifs is 3. The number of rotatable bonds is 4. The molecule has 0 bridgehead atoms. The largest absolute Gasteiger partial charge is 0.481 e. The summed E-state index contributed by atoms with van der Waals surface area (Å²) in [5.74, 6) is -0.340. The molecule has 1 saturated carbocycles. The normalized spacial score (nSPS) is 22.9. The number of hydrogen-bond donors (Lipinski definition) is 1. The molecule has 0 amide bonds. The summed E-state index contributed by atoms with van der Waals surface area (Å²) in [6.45, 7) is 3.96. The number of carboxylic acid groups (broad SMARTS) is 1. The van der Waals surface area contributed by atoms with Gasteiger partial charge in [0.2, 0.25) is 0 Å². The Hall–Kier alpha value is -2.95. The first kappa shape index (κ1) is 16.5. The summed E-state index contributed by atoms with van der Waals surface area (Å²) >= 11 is 0. The molecule has 1 aliphatic heterocycles. The summed E-state index contributed by atoms with van der Waals surface area (Å²) < 4.78 is 1.57. The molecule has 2 aromatic rings. The Kier molecular flexibility index (Phi) is 3.68. The first-order valence-electron chi connectivity index (χ1n) is 8.79. The molecule has 5 heteroatoms. The van der Waals surface area contributed by atoms with Crippen molar-refractivity contribution in [3.05, 3.63) is 68.9 Å². The molecular formula is C21H20N2O3. The highest BCUT2D eigenvalue weighted by Crippen LogP contribution is 2.59. The van der Waals surface area contributed by atoms with Crippen LogP contribution in [0.15, 0.2) is 35.1 Å². The summed E-state index contributed by atoms with van der Waals surface area (Å²) in [4.78, 5) is 29.2. The third-order valence-corrected chi connectivity index (χ3v) is 5.30. The second-order valence-electron chi connectivity index (χ2n) is 7.01. The average Bonchev–Trinajstić information content (AvgIpc) is 3.36. The van der Waals surface area contributed by atoms with Crippen molar-refractivity contribution in [3.63, 3.8) is 0 Å². The van der Waals surface area contributed by atoms with Gasteiger partial charge in [0.1, 0.15) is 11.2 Å². The molecule has 4 rings (SSSR count). The Balaban J connectivity index is 1.78. The fourth-order valence-electron chi connectivity index (χ4n) is 3.73. The second kappa shape index (κ2) is 5.80. The number of hydrogen-bond acceptors (Lipinski definition) is 3. The fraction of sp³-hybridized carbons (Fsp3) is 0.286. The van der Waals surface area contributed by atoms with Crippen LogP contribution in [0.1, 0.15) is 47.6 Å². The van der Waals surface area contributed by atoms with Crippen LogP contribution in [-0.2, 0) is 11.2 Å². The third kappa shape index (κ3) is 2.43. The van der Waals surface area contributed by atoms with Gasteiger partial charge in [-0.05, 0) is 37.5 Å². The Bertz CT molecular complexity index is 1030. The lowest BCUT2D eigenvalue weighted by Crippen LogP contribution is -2.32. The smallest absolute Gasteiger partial charge is 0.315 e. The molecule has 0 spiro atoms. The highest BCUT2D eigenvalue weighted by Gasteiger charge is 2.62. The molecule has 1 aliphatic carbocycles. The van der Waals surface area contributed by atoms with Crippen LogP contribution in [0.4, 0.5) is 0 Å². The molecule has 132 valence electrons. The van der Waals surface area contributed by atoms with Gasteiger partial charge in [-0.15, -0.1) is 0 Å². The first-order valence-corrected chi connectivity index (χ1v) is 8.79. The van der Waals surface area contributed by atoms with Crippen molar-refractivity contribution in [3.8, 4) is 0 Å². The van der Waals surface area contributed by atoms with Crippen molar-refractivity contribution in [1.82, 2.24) is 9.55 Å². The molecule has 0 saturated heterocycles. The van der Waals surface area contributed by atoms with Crippen LogP contribution < -0.4 is 5.56 Å². The van der Waals surface area contributed by atoms with Gasteiger partial charge < -0.3 is 5.11 Å². The van der Waals surface area contributed by atoms with Gasteiger partial charge in [-0.3, -0.25) is 14.2 Å². The number of aliphatic carboxylic acids is 1. The highest BCUT2D eigenvalue weighted by atomic mass is 16.4. The monoisotopic (exact) mass is 348 g/mol. The van der Waals surface area contributed by atoms with Crippen molar-refractivity contribution >= 4 is 24.2 Å². The van der Waals surface area contributed by atoms with Gasteiger partial charge in [0.15, 0.2) is 0 Å². The van der Waals surface area contributed by atoms with Crippen molar-refractivity contribution in [2.45, 2.75) is 32.7 Å². The van der Waals surface area contributed by atoms with Crippen molar-refractivity contribution < 1.29 is 9.90 Å². The molecular weight excluding hydrogens is 328 g/mol. The lowest BCUT2D eigenvalue weighted by Gasteiger charge is -2.19. The van der Waals surface area contributed by atoms with E-state index in [-0.39, 0.29) is 11.6 Å². The summed E-state index contributed by atoms with van der Waals surface area (Å²) in [6.07, 6.45) is 8.18. The quantitative estimate of drug-likeness (QED) is 0.920. The van der Waals surface area contributed by atoms with Gasteiger partial charge in [0.25, 0.3) is 5.56 Å². The zero-order valence-electron chi connectivity index (χ0n) is 14.8. The summed E-state index contributed by atoms with van der Waals surface area (Å²) in [5, 5.41) is 9.47. The van der Waals surface area contributed by atoms with Crippen LogP contribution in [0.3, 0.4) is 0 Å². The Morgan fingerprint density at radius 3 is 2.92 bits per heavy atom. The van der Waals surface area contributed by atoms with Crippen LogP contribution in [0, 0.1) is 12.3 Å². The molecule has 2 unspecified atom stereocenters. The zero-order valence-corrected chi connectivity index (χ0v) is 14.8. The minimum Gasteiger partial charge on any atom is -0.481 e. The number of carbonyl (C=O) groups is 1. The minimum absolute atomic E-state index is 0.126. The van der Waals surface area contributed by atoms with Crippen LogP contribution in [-0.4, -0.2) is 20.6 Å². The molecule has 1 aromatic heterocycles. The predicted octanol–water partition coefficient (Wildman–Crippen LogP) is 3.33. The lowest BCUT2D eigenvalue weighted by molar-refractivity contribution is -0.141. The molecule has 2 heterocycles. The number of aromatic nitrogens is 2. The Morgan fingerprint density at radius 2 is 2.23 bits per heavy atom. The van der Waals surface area contributed by atoms with Crippen LogP contribution in [0.5, 0.6) is 0 Å². The van der Waals surface area contributed by atoms with Crippen LogP contribution in [0.2, 0.25) is 0 Å². The molecule has 26 heavy (non-hydrogen) atoms. The molecule has 1 aromatic carbocycles. The van der Waals surface area contributed by atoms with Gasteiger partial charge in [-0.2, -0.15) is 0 Å². The van der Waals surface area contributed by atoms with Gasteiger partial charge in [-0.1, -0.05) is 48.9 Å². The number of aryl methyl sites for hydroxylation is 1. The number of benzene rings is 1. The number of carboxylic acids is 1. The highest BCUT2D eigenvalue weighted by molar-refractivity contribution is 5.84. The molecule has 2 atom stereocenters. The van der Waals surface area contributed by atoms with Gasteiger partial charge in [0.05, 0.1) is 11.7 Å². The Morgan fingerprint density at radius 1 is 1.42 bits per heavy atom. The van der Waals surface area contributed by atoms with Gasteiger partial charge in [0, 0.05) is 5.56 Å². The summed E-state index contributed by atoms with van der Waals surface area (Å²) in [7, 11) is 0. The molecule has 5 nitrogen and oxygen atoms in total. The SMILES string of the molecule is CCc1c(/C=C/c2cccc(C)c2)nc2n(c1=O)C1CC1(C(=O)O)C=C2. The number of nitrogens with zero attached hydrogens (tertiary/aromatic N) is 2. The van der Waals surface area contributed by atoms with E-state index in [2.05, 4.69) is 11.1 Å². The van der Waals surface area contributed by atoms with Crippen LogP contribution in [0.25, 0.3) is 18.2 Å². The van der Waals surface area contributed by atoms with E-state index >= 15 is 0 Å². The van der Waals surface area contributed by atoms with Crippen LogP contribution >= 0.6 is 0 Å². The maximum Gasteiger partial charge on any atom is 0.315 e. The third-order valence-electron chi connectivity index (χ3n) is 5.30. The van der Waals surface area contributed by atoms with E-state index in [1.807, 2.05) is 44.2 Å². The van der Waals surface area contributed by atoms with Gasteiger partial charge in [-0.25, -0.2) is 4.98 Å². The van der Waals surface area contributed by atoms with E-state index in [1.165, 1.54) is 5.56 Å².